The number of hydrogen-bond acceptors (Lipinski definition) is 2. The molecule has 0 aromatic carbocycles. The van der Waals surface area contributed by atoms with Crippen molar-refractivity contribution < 1.29 is 4.42 Å². The van der Waals surface area contributed by atoms with Gasteiger partial charge in [-0.3, -0.25) is 0 Å². The van der Waals surface area contributed by atoms with Crippen molar-refractivity contribution in [2.24, 2.45) is 0 Å². The maximum atomic E-state index is 5.37. The molecule has 0 amide bonds. The normalized spacial score (nSPS) is 12.8. The third-order valence-electron chi connectivity index (χ3n) is 3.45. The van der Waals surface area contributed by atoms with Gasteiger partial charge < -0.3 is 9.73 Å². The summed E-state index contributed by atoms with van der Waals surface area (Å²) >= 11 is 0. The number of hydrogen-bond donors (Lipinski definition) is 1. The van der Waals surface area contributed by atoms with Crippen LogP contribution < -0.4 is 5.32 Å². The predicted octanol–water partition coefficient (Wildman–Crippen LogP) is 5.07. The summed E-state index contributed by atoms with van der Waals surface area (Å²) in [5, 5.41) is 3.50. The molecule has 18 heavy (non-hydrogen) atoms. The standard InChI is InChI=1S/C16H29NO/c1-3-4-5-6-7-8-9-10-13-17-15(2)16-12-11-14-18-16/h11-12,14-15,17H,3-10,13H2,1-2H3/t15-/m1/s1. The summed E-state index contributed by atoms with van der Waals surface area (Å²) in [5.74, 6) is 1.04. The van der Waals surface area contributed by atoms with Crippen LogP contribution in [0.4, 0.5) is 0 Å². The summed E-state index contributed by atoms with van der Waals surface area (Å²) in [6.07, 6.45) is 12.8. The molecule has 0 saturated carbocycles. The highest BCUT2D eigenvalue weighted by atomic mass is 16.3. The minimum Gasteiger partial charge on any atom is -0.468 e. The largest absolute Gasteiger partial charge is 0.468 e. The van der Waals surface area contributed by atoms with E-state index < -0.39 is 0 Å². The molecule has 2 heteroatoms. The fraction of sp³-hybridized carbons (Fsp3) is 0.750. The Kier molecular flexibility index (Phi) is 8.66. The van der Waals surface area contributed by atoms with Gasteiger partial charge in [-0.25, -0.2) is 0 Å². The Morgan fingerprint density at radius 1 is 1.06 bits per heavy atom. The first kappa shape index (κ1) is 15.3. The number of nitrogens with one attached hydrogen (secondary N) is 1. The summed E-state index contributed by atoms with van der Waals surface area (Å²) in [6.45, 7) is 5.52. The van der Waals surface area contributed by atoms with Crippen LogP contribution in [0.1, 0.15) is 77.0 Å². The zero-order valence-corrected chi connectivity index (χ0v) is 12.1. The van der Waals surface area contributed by atoms with Crippen LogP contribution in [0.3, 0.4) is 0 Å². The van der Waals surface area contributed by atoms with Crippen LogP contribution in [-0.4, -0.2) is 6.54 Å². The molecule has 0 radical (unpaired) electrons. The molecule has 0 spiro atoms. The molecule has 0 aliphatic carbocycles. The van der Waals surface area contributed by atoms with E-state index in [-0.39, 0.29) is 0 Å². The van der Waals surface area contributed by atoms with Gasteiger partial charge in [0.25, 0.3) is 0 Å². The highest BCUT2D eigenvalue weighted by Gasteiger charge is 2.05. The Labute approximate surface area is 112 Å². The summed E-state index contributed by atoms with van der Waals surface area (Å²) in [6, 6.07) is 4.32. The Bertz CT molecular complexity index is 269. The van der Waals surface area contributed by atoms with Crippen molar-refractivity contribution in [3.63, 3.8) is 0 Å². The minimum absolute atomic E-state index is 0.338. The van der Waals surface area contributed by atoms with Crippen molar-refractivity contribution in [2.75, 3.05) is 6.54 Å². The van der Waals surface area contributed by atoms with E-state index in [0.717, 1.165) is 12.3 Å². The van der Waals surface area contributed by atoms with Crippen LogP contribution in [0.2, 0.25) is 0 Å². The lowest BCUT2D eigenvalue weighted by atomic mass is 10.1. The summed E-state index contributed by atoms with van der Waals surface area (Å²) in [4.78, 5) is 0. The van der Waals surface area contributed by atoms with Crippen LogP contribution in [0.5, 0.6) is 0 Å². The van der Waals surface area contributed by atoms with Crippen LogP contribution >= 0.6 is 0 Å². The molecule has 0 fully saturated rings. The molecule has 0 aliphatic heterocycles. The van der Waals surface area contributed by atoms with Crippen molar-refractivity contribution in [1.82, 2.24) is 5.32 Å². The molecule has 104 valence electrons. The molecule has 0 bridgehead atoms. The van der Waals surface area contributed by atoms with Gasteiger partial charge in [-0.15, -0.1) is 0 Å². The van der Waals surface area contributed by atoms with Gasteiger partial charge in [0, 0.05) is 0 Å². The van der Waals surface area contributed by atoms with Gasteiger partial charge in [-0.05, 0) is 32.0 Å². The van der Waals surface area contributed by atoms with E-state index in [9.17, 15) is 0 Å². The molecular weight excluding hydrogens is 222 g/mol. The monoisotopic (exact) mass is 251 g/mol. The van der Waals surface area contributed by atoms with Gasteiger partial charge >= 0.3 is 0 Å². The lowest BCUT2D eigenvalue weighted by Gasteiger charge is -2.10. The molecule has 0 aliphatic rings. The smallest absolute Gasteiger partial charge is 0.120 e. The molecule has 1 heterocycles. The van der Waals surface area contributed by atoms with Crippen LogP contribution in [-0.2, 0) is 0 Å². The quantitative estimate of drug-likeness (QED) is 0.555. The Hall–Kier alpha value is -0.760. The first-order chi connectivity index (χ1) is 8.84. The van der Waals surface area contributed by atoms with Crippen LogP contribution in [0, 0.1) is 0 Å². The van der Waals surface area contributed by atoms with E-state index >= 15 is 0 Å². The molecule has 2 nitrogen and oxygen atoms in total. The van der Waals surface area contributed by atoms with Crippen molar-refractivity contribution in [3.05, 3.63) is 24.2 Å². The van der Waals surface area contributed by atoms with E-state index in [0.29, 0.717) is 6.04 Å². The molecule has 1 atom stereocenters. The maximum Gasteiger partial charge on any atom is 0.120 e. The second-order valence-electron chi connectivity index (χ2n) is 5.17. The lowest BCUT2D eigenvalue weighted by molar-refractivity contribution is 0.425. The van der Waals surface area contributed by atoms with Gasteiger partial charge in [0.05, 0.1) is 12.3 Å². The fourth-order valence-electron chi connectivity index (χ4n) is 2.22. The Balaban J connectivity index is 1.87. The topological polar surface area (TPSA) is 25.2 Å². The average molecular weight is 251 g/mol. The zero-order chi connectivity index (χ0) is 13.1. The van der Waals surface area contributed by atoms with E-state index in [1.807, 2.05) is 12.1 Å². The molecular formula is C16H29NO. The first-order valence-corrected chi connectivity index (χ1v) is 7.61. The summed E-state index contributed by atoms with van der Waals surface area (Å²) < 4.78 is 5.37. The van der Waals surface area contributed by atoms with E-state index in [2.05, 4.69) is 19.2 Å². The Morgan fingerprint density at radius 3 is 2.33 bits per heavy atom. The van der Waals surface area contributed by atoms with Crippen molar-refractivity contribution in [3.8, 4) is 0 Å². The van der Waals surface area contributed by atoms with Gasteiger partial charge in [0.2, 0.25) is 0 Å². The highest BCUT2D eigenvalue weighted by molar-refractivity contribution is 5.02. The third kappa shape index (κ3) is 6.85. The van der Waals surface area contributed by atoms with Crippen LogP contribution in [0.25, 0.3) is 0 Å². The lowest BCUT2D eigenvalue weighted by Crippen LogP contribution is -2.19. The predicted molar refractivity (Wildman–Crippen MR) is 77.7 cm³/mol. The van der Waals surface area contributed by atoms with Gasteiger partial charge in [0.1, 0.15) is 5.76 Å². The average Bonchev–Trinajstić information content (AvgIpc) is 2.90. The fourth-order valence-corrected chi connectivity index (χ4v) is 2.22. The Morgan fingerprint density at radius 2 is 1.72 bits per heavy atom. The SMILES string of the molecule is CCCCCCCCCCN[C@H](C)c1ccco1. The number of furan rings is 1. The van der Waals surface area contributed by atoms with Crippen LogP contribution in [0.15, 0.2) is 22.8 Å². The second kappa shape index (κ2) is 10.2. The van der Waals surface area contributed by atoms with Gasteiger partial charge in [0.15, 0.2) is 0 Å². The minimum atomic E-state index is 0.338. The van der Waals surface area contributed by atoms with Gasteiger partial charge in [-0.2, -0.15) is 0 Å². The van der Waals surface area contributed by atoms with E-state index in [1.165, 1.54) is 51.4 Å². The molecule has 0 saturated heterocycles. The number of unbranched alkanes of at least 4 members (excludes halogenated alkanes) is 7. The van der Waals surface area contributed by atoms with E-state index in [4.69, 9.17) is 4.42 Å². The van der Waals surface area contributed by atoms with E-state index in [1.54, 1.807) is 6.26 Å². The third-order valence-corrected chi connectivity index (χ3v) is 3.45. The molecule has 0 unspecified atom stereocenters. The van der Waals surface area contributed by atoms with Crippen molar-refractivity contribution in [1.29, 1.82) is 0 Å². The first-order valence-electron chi connectivity index (χ1n) is 7.61. The summed E-state index contributed by atoms with van der Waals surface area (Å²) in [7, 11) is 0. The maximum absolute atomic E-state index is 5.37. The van der Waals surface area contributed by atoms with Crippen molar-refractivity contribution in [2.45, 2.75) is 71.3 Å². The molecule has 1 N–H and O–H groups in total. The number of rotatable bonds is 11. The van der Waals surface area contributed by atoms with Gasteiger partial charge in [-0.1, -0.05) is 51.9 Å². The highest BCUT2D eigenvalue weighted by Crippen LogP contribution is 2.12. The molecule has 1 rings (SSSR count). The molecule has 1 aromatic heterocycles. The summed E-state index contributed by atoms with van der Waals surface area (Å²) in [5.41, 5.74) is 0. The zero-order valence-electron chi connectivity index (χ0n) is 12.1. The van der Waals surface area contributed by atoms with Crippen molar-refractivity contribution >= 4 is 0 Å². The molecule has 1 aromatic rings. The second-order valence-corrected chi connectivity index (χ2v) is 5.17.